The molecule has 5 heterocycles. The average molecular weight is 519 g/mol. The predicted molar refractivity (Wildman–Crippen MR) is 156 cm³/mol. The summed E-state index contributed by atoms with van der Waals surface area (Å²) in [6, 6.07) is 11.7. The van der Waals surface area contributed by atoms with Crippen molar-refractivity contribution >= 4 is 40.1 Å². The van der Waals surface area contributed by atoms with E-state index >= 15 is 0 Å². The smallest absolute Gasteiger partial charge is 0.224 e. The number of amides is 1. The summed E-state index contributed by atoms with van der Waals surface area (Å²) in [6.45, 7) is 11.6. The monoisotopic (exact) mass is 518 g/mol. The molecule has 0 aromatic carbocycles. The number of hydrogen-bond acceptors (Lipinski definition) is 6. The summed E-state index contributed by atoms with van der Waals surface area (Å²) in [5.74, 6) is -0.0397. The van der Waals surface area contributed by atoms with Gasteiger partial charge in [0.15, 0.2) is 0 Å². The molecule has 0 saturated heterocycles. The minimum atomic E-state index is -0.103. The Morgan fingerprint density at radius 2 is 1.87 bits per heavy atom. The minimum Gasteiger partial charge on any atom is -0.353 e. The molecule has 1 amide bonds. The molecule has 0 fully saturated rings. The fourth-order valence-corrected chi connectivity index (χ4v) is 4.46. The number of fused-ring (bicyclic) bond motifs is 2. The first kappa shape index (κ1) is 25.7. The van der Waals surface area contributed by atoms with Gasteiger partial charge in [-0.15, -0.1) is 0 Å². The summed E-state index contributed by atoms with van der Waals surface area (Å²) in [4.78, 5) is 33.5. The lowest BCUT2D eigenvalue weighted by molar-refractivity contribution is -0.122. The van der Waals surface area contributed by atoms with Crippen molar-refractivity contribution in [2.75, 3.05) is 0 Å². The van der Waals surface area contributed by atoms with Crippen LogP contribution >= 0.6 is 0 Å². The summed E-state index contributed by atoms with van der Waals surface area (Å²) in [5.41, 5.74) is 7.78. The van der Waals surface area contributed by atoms with Gasteiger partial charge in [-0.05, 0) is 61.5 Å². The second-order valence-corrected chi connectivity index (χ2v) is 10.6. The van der Waals surface area contributed by atoms with Crippen LogP contribution in [-0.4, -0.2) is 42.8 Å². The Balaban J connectivity index is 1.52. The highest BCUT2D eigenvalue weighted by molar-refractivity contribution is 5.99. The van der Waals surface area contributed by atoms with Crippen LogP contribution in [0.25, 0.3) is 50.2 Å². The van der Waals surface area contributed by atoms with E-state index in [0.29, 0.717) is 34.6 Å². The van der Waals surface area contributed by atoms with Gasteiger partial charge in [-0.3, -0.25) is 24.9 Å². The van der Waals surface area contributed by atoms with Gasteiger partial charge in [0.25, 0.3) is 0 Å². The standard InChI is InChI=1S/C30H30N8O/c1-18(34-26(39)16-30(2,3)4)14-20(17-31-5)22-6-7-24-28(36-22)29(38-37-24)25-15-21-23(35-25)10-13-33-27(21)19-8-11-32-12-9-19/h6-15,17,35H,5,16H2,1-4H3,(H,34,39)(H,37,38)/b18-14+,20-17+. The Morgan fingerprint density at radius 1 is 1.08 bits per heavy atom. The Morgan fingerprint density at radius 3 is 2.62 bits per heavy atom. The van der Waals surface area contributed by atoms with Crippen molar-refractivity contribution < 1.29 is 4.79 Å². The van der Waals surface area contributed by atoms with Gasteiger partial charge in [0.05, 0.1) is 22.6 Å². The highest BCUT2D eigenvalue weighted by Crippen LogP contribution is 2.32. The maximum Gasteiger partial charge on any atom is 0.224 e. The molecule has 5 aromatic heterocycles. The van der Waals surface area contributed by atoms with E-state index in [0.717, 1.165) is 33.4 Å². The van der Waals surface area contributed by atoms with E-state index in [2.05, 4.69) is 42.2 Å². The zero-order chi connectivity index (χ0) is 27.6. The summed E-state index contributed by atoms with van der Waals surface area (Å²) < 4.78 is 0. The van der Waals surface area contributed by atoms with Crippen molar-refractivity contribution in [1.82, 2.24) is 35.5 Å². The number of pyridine rings is 3. The van der Waals surface area contributed by atoms with Crippen LogP contribution in [-0.2, 0) is 4.79 Å². The van der Waals surface area contributed by atoms with Crippen LogP contribution in [0.5, 0.6) is 0 Å². The molecule has 0 aliphatic rings. The maximum atomic E-state index is 12.4. The predicted octanol–water partition coefficient (Wildman–Crippen LogP) is 6.06. The number of H-pyrrole nitrogens is 2. The molecule has 0 atom stereocenters. The number of aromatic nitrogens is 6. The quantitative estimate of drug-likeness (QED) is 0.178. The van der Waals surface area contributed by atoms with E-state index in [9.17, 15) is 4.79 Å². The fraction of sp³-hybridized carbons (Fsp3) is 0.200. The first-order valence-electron chi connectivity index (χ1n) is 12.6. The van der Waals surface area contributed by atoms with E-state index in [1.54, 1.807) is 24.8 Å². The van der Waals surface area contributed by atoms with Crippen molar-refractivity contribution in [2.24, 2.45) is 10.4 Å². The largest absolute Gasteiger partial charge is 0.353 e. The van der Waals surface area contributed by atoms with E-state index in [1.165, 1.54) is 0 Å². The molecule has 196 valence electrons. The van der Waals surface area contributed by atoms with Crippen LogP contribution in [0.15, 0.2) is 78.0 Å². The van der Waals surface area contributed by atoms with Gasteiger partial charge in [0.1, 0.15) is 11.2 Å². The summed E-state index contributed by atoms with van der Waals surface area (Å²) >= 11 is 0. The average Bonchev–Trinajstić information content (AvgIpc) is 3.51. The van der Waals surface area contributed by atoms with Gasteiger partial charge in [-0.25, -0.2) is 4.98 Å². The third-order valence-corrected chi connectivity index (χ3v) is 6.09. The number of allylic oxidation sites excluding steroid dienone is 3. The number of carbonyl (C=O) groups excluding carboxylic acids is 1. The van der Waals surface area contributed by atoms with E-state index in [1.807, 2.05) is 70.2 Å². The number of aliphatic imine (C=N–C) groups is 1. The number of nitrogens with zero attached hydrogens (tertiary/aromatic N) is 5. The van der Waals surface area contributed by atoms with Gasteiger partial charge in [0.2, 0.25) is 5.91 Å². The Kier molecular flexibility index (Phi) is 6.89. The van der Waals surface area contributed by atoms with Gasteiger partial charge >= 0.3 is 0 Å². The molecule has 9 heteroatoms. The highest BCUT2D eigenvalue weighted by atomic mass is 16.1. The van der Waals surface area contributed by atoms with Crippen LogP contribution in [0.4, 0.5) is 0 Å². The first-order valence-corrected chi connectivity index (χ1v) is 12.6. The molecule has 0 bridgehead atoms. The zero-order valence-electron chi connectivity index (χ0n) is 22.4. The SMILES string of the molecule is C=N/C=C(\C=C(/C)NC(=O)CC(C)(C)C)c1ccc2[nH]nc(-c3cc4c(-c5ccncc5)nccc4[nH]3)c2n1. The lowest BCUT2D eigenvalue weighted by Crippen LogP contribution is -2.26. The lowest BCUT2D eigenvalue weighted by atomic mass is 9.92. The zero-order valence-corrected chi connectivity index (χ0v) is 22.4. The third-order valence-electron chi connectivity index (χ3n) is 6.09. The molecule has 39 heavy (non-hydrogen) atoms. The van der Waals surface area contributed by atoms with E-state index < -0.39 is 0 Å². The van der Waals surface area contributed by atoms with Crippen molar-refractivity contribution in [1.29, 1.82) is 0 Å². The van der Waals surface area contributed by atoms with Crippen LogP contribution < -0.4 is 5.32 Å². The summed E-state index contributed by atoms with van der Waals surface area (Å²) in [6.07, 6.45) is 9.19. The second kappa shape index (κ2) is 10.4. The second-order valence-electron chi connectivity index (χ2n) is 10.6. The van der Waals surface area contributed by atoms with Gasteiger partial charge in [0, 0.05) is 58.9 Å². The molecular weight excluding hydrogens is 488 g/mol. The Labute approximate surface area is 226 Å². The number of rotatable bonds is 7. The van der Waals surface area contributed by atoms with Crippen molar-refractivity contribution in [3.05, 3.63) is 78.7 Å². The molecular formula is C30H30N8O. The molecule has 0 aliphatic carbocycles. The van der Waals surface area contributed by atoms with Crippen LogP contribution in [0, 0.1) is 5.41 Å². The van der Waals surface area contributed by atoms with Crippen molar-refractivity contribution in [3.8, 4) is 22.6 Å². The molecule has 3 N–H and O–H groups in total. The fourth-order valence-electron chi connectivity index (χ4n) is 4.46. The third kappa shape index (κ3) is 5.67. The Bertz CT molecular complexity index is 1740. The van der Waals surface area contributed by atoms with Crippen molar-refractivity contribution in [2.45, 2.75) is 34.1 Å². The molecule has 0 radical (unpaired) electrons. The number of hydrogen-bond donors (Lipinski definition) is 3. The summed E-state index contributed by atoms with van der Waals surface area (Å²) in [5, 5.41) is 11.6. The van der Waals surface area contributed by atoms with Gasteiger partial charge in [-0.1, -0.05) is 20.8 Å². The number of carbonyl (C=O) groups is 1. The molecule has 0 spiro atoms. The lowest BCUT2D eigenvalue weighted by Gasteiger charge is -2.17. The van der Waals surface area contributed by atoms with Crippen LogP contribution in [0.2, 0.25) is 0 Å². The molecule has 9 nitrogen and oxygen atoms in total. The van der Waals surface area contributed by atoms with Crippen LogP contribution in [0.1, 0.15) is 39.8 Å². The summed E-state index contributed by atoms with van der Waals surface area (Å²) in [7, 11) is 0. The molecule has 5 aromatic rings. The van der Waals surface area contributed by atoms with E-state index in [4.69, 9.17) is 4.98 Å². The first-order chi connectivity index (χ1) is 18.7. The molecule has 5 rings (SSSR count). The number of aromatic amines is 2. The molecule has 0 unspecified atom stereocenters. The maximum absolute atomic E-state index is 12.4. The minimum absolute atomic E-state index is 0.0397. The molecule has 0 saturated carbocycles. The normalized spacial score (nSPS) is 12.7. The topological polar surface area (TPSA) is 125 Å². The van der Waals surface area contributed by atoms with E-state index in [-0.39, 0.29) is 11.3 Å². The highest BCUT2D eigenvalue weighted by Gasteiger charge is 2.18. The van der Waals surface area contributed by atoms with Gasteiger partial charge in [-0.2, -0.15) is 5.10 Å². The Hall–Kier alpha value is -4.92. The molecule has 0 aliphatic heterocycles. The van der Waals surface area contributed by atoms with Crippen molar-refractivity contribution in [3.63, 3.8) is 0 Å². The van der Waals surface area contributed by atoms with Gasteiger partial charge < -0.3 is 10.3 Å². The van der Waals surface area contributed by atoms with Crippen LogP contribution in [0.3, 0.4) is 0 Å². The number of nitrogens with one attached hydrogen (secondary N) is 3.